The van der Waals surface area contributed by atoms with Crippen LogP contribution in [-0.2, 0) is 9.59 Å². The number of ether oxygens (including phenoxy) is 1. The molecule has 2 atom stereocenters. The molecule has 0 spiro atoms. The molecule has 2 aromatic carbocycles. The van der Waals surface area contributed by atoms with Crippen molar-refractivity contribution in [2.24, 2.45) is 5.92 Å². The van der Waals surface area contributed by atoms with Crippen LogP contribution in [0.15, 0.2) is 48.5 Å². The second kappa shape index (κ2) is 10.6. The van der Waals surface area contributed by atoms with Crippen molar-refractivity contribution in [3.05, 3.63) is 64.7 Å². The first kappa shape index (κ1) is 23.8. The van der Waals surface area contributed by atoms with Crippen LogP contribution in [0.5, 0.6) is 5.75 Å². The molecule has 2 aromatic rings. The topological polar surface area (TPSA) is 75.7 Å². The standard InChI is InChI=1S/C25H29ClN2O4/c1-16(17(2)27-24(30)21-5-4-6-23(15-21)32-18(3)29)25(31)28-13-11-20(12-14-28)19-7-9-22(26)10-8-19/h4-10,15-17,20H,11-14H2,1-3H3,(H,27,30). The molecule has 1 aliphatic rings. The summed E-state index contributed by atoms with van der Waals surface area (Å²) in [4.78, 5) is 38.7. The Labute approximate surface area is 193 Å². The molecule has 0 radical (unpaired) electrons. The first-order chi connectivity index (χ1) is 15.2. The highest BCUT2D eigenvalue weighted by molar-refractivity contribution is 6.30. The summed E-state index contributed by atoms with van der Waals surface area (Å²) in [6, 6.07) is 14.0. The molecule has 0 aliphatic carbocycles. The zero-order valence-electron chi connectivity index (χ0n) is 18.6. The monoisotopic (exact) mass is 456 g/mol. The molecule has 3 rings (SSSR count). The average Bonchev–Trinajstić information content (AvgIpc) is 2.78. The summed E-state index contributed by atoms with van der Waals surface area (Å²) < 4.78 is 5.04. The summed E-state index contributed by atoms with van der Waals surface area (Å²) in [5.74, 6) is -0.343. The lowest BCUT2D eigenvalue weighted by Crippen LogP contribution is -2.47. The van der Waals surface area contributed by atoms with Crippen molar-refractivity contribution in [2.45, 2.75) is 45.6 Å². The highest BCUT2D eigenvalue weighted by Crippen LogP contribution is 2.29. The van der Waals surface area contributed by atoms with E-state index in [2.05, 4.69) is 17.4 Å². The van der Waals surface area contributed by atoms with Crippen molar-refractivity contribution in [1.29, 1.82) is 0 Å². The Hall–Kier alpha value is -2.86. The molecule has 6 nitrogen and oxygen atoms in total. The van der Waals surface area contributed by atoms with Crippen LogP contribution in [0.1, 0.15) is 55.5 Å². The van der Waals surface area contributed by atoms with Crippen LogP contribution in [0.4, 0.5) is 0 Å². The fourth-order valence-corrected chi connectivity index (χ4v) is 4.08. The predicted octanol–water partition coefficient (Wildman–Crippen LogP) is 4.43. The van der Waals surface area contributed by atoms with E-state index in [1.165, 1.54) is 18.6 Å². The van der Waals surface area contributed by atoms with E-state index < -0.39 is 5.97 Å². The van der Waals surface area contributed by atoms with Crippen molar-refractivity contribution >= 4 is 29.4 Å². The number of hydrogen-bond donors (Lipinski definition) is 1. The molecule has 1 N–H and O–H groups in total. The van der Waals surface area contributed by atoms with Gasteiger partial charge in [0.2, 0.25) is 5.91 Å². The smallest absolute Gasteiger partial charge is 0.308 e. The molecule has 170 valence electrons. The van der Waals surface area contributed by atoms with E-state index in [9.17, 15) is 14.4 Å². The van der Waals surface area contributed by atoms with Crippen molar-refractivity contribution in [3.8, 4) is 5.75 Å². The van der Waals surface area contributed by atoms with Crippen LogP contribution in [0.2, 0.25) is 5.02 Å². The first-order valence-electron chi connectivity index (χ1n) is 10.9. The number of benzene rings is 2. The van der Waals surface area contributed by atoms with E-state index in [1.807, 2.05) is 30.9 Å². The Morgan fingerprint density at radius 3 is 2.34 bits per heavy atom. The van der Waals surface area contributed by atoms with Gasteiger partial charge in [-0.05, 0) is 61.6 Å². The zero-order valence-corrected chi connectivity index (χ0v) is 19.4. The van der Waals surface area contributed by atoms with E-state index in [0.29, 0.717) is 30.3 Å². The maximum Gasteiger partial charge on any atom is 0.308 e. The quantitative estimate of drug-likeness (QED) is 0.515. The van der Waals surface area contributed by atoms with Crippen molar-refractivity contribution in [1.82, 2.24) is 10.2 Å². The molecule has 0 bridgehead atoms. The summed E-state index contributed by atoms with van der Waals surface area (Å²) in [7, 11) is 0. The van der Waals surface area contributed by atoms with Crippen LogP contribution in [-0.4, -0.2) is 41.8 Å². The number of carbonyl (C=O) groups is 3. The van der Waals surface area contributed by atoms with Gasteiger partial charge in [-0.25, -0.2) is 0 Å². The van der Waals surface area contributed by atoms with Gasteiger partial charge in [-0.3, -0.25) is 14.4 Å². The number of hydrogen-bond acceptors (Lipinski definition) is 4. The number of rotatable bonds is 6. The van der Waals surface area contributed by atoms with Gasteiger partial charge in [0.05, 0.1) is 5.92 Å². The van der Waals surface area contributed by atoms with Gasteiger partial charge in [0.25, 0.3) is 5.91 Å². The lowest BCUT2D eigenvalue weighted by molar-refractivity contribution is -0.136. The van der Waals surface area contributed by atoms with Crippen LogP contribution in [0.3, 0.4) is 0 Å². The second-order valence-corrected chi connectivity index (χ2v) is 8.76. The highest BCUT2D eigenvalue weighted by atomic mass is 35.5. The number of likely N-dealkylation sites (tertiary alicyclic amines) is 1. The normalized spacial score (nSPS) is 16.2. The third-order valence-corrected chi connectivity index (χ3v) is 6.26. The molecule has 0 aromatic heterocycles. The largest absolute Gasteiger partial charge is 0.427 e. The van der Waals surface area contributed by atoms with E-state index >= 15 is 0 Å². The molecular formula is C25H29ClN2O4. The van der Waals surface area contributed by atoms with Crippen molar-refractivity contribution in [2.75, 3.05) is 13.1 Å². The third kappa shape index (κ3) is 6.10. The van der Waals surface area contributed by atoms with Gasteiger partial charge < -0.3 is 15.0 Å². The Bertz CT molecular complexity index is 968. The number of amides is 2. The molecule has 1 fully saturated rings. The molecule has 2 amide bonds. The minimum absolute atomic E-state index is 0.0426. The summed E-state index contributed by atoms with van der Waals surface area (Å²) in [6.07, 6.45) is 1.81. The number of halogens is 1. The average molecular weight is 457 g/mol. The summed E-state index contributed by atoms with van der Waals surface area (Å²) in [5.41, 5.74) is 1.63. The molecule has 1 saturated heterocycles. The second-order valence-electron chi connectivity index (χ2n) is 8.32. The lowest BCUT2D eigenvalue weighted by atomic mass is 9.88. The summed E-state index contributed by atoms with van der Waals surface area (Å²) >= 11 is 5.98. The van der Waals surface area contributed by atoms with Gasteiger partial charge in [0.1, 0.15) is 5.75 Å². The van der Waals surface area contributed by atoms with Crippen LogP contribution >= 0.6 is 11.6 Å². The van der Waals surface area contributed by atoms with Gasteiger partial charge >= 0.3 is 5.97 Å². The van der Waals surface area contributed by atoms with Crippen molar-refractivity contribution in [3.63, 3.8) is 0 Å². The van der Waals surface area contributed by atoms with E-state index in [1.54, 1.807) is 18.2 Å². The Balaban J connectivity index is 1.53. The van der Waals surface area contributed by atoms with Crippen LogP contribution in [0, 0.1) is 5.92 Å². The third-order valence-electron chi connectivity index (χ3n) is 6.00. The number of esters is 1. The first-order valence-corrected chi connectivity index (χ1v) is 11.3. The Morgan fingerprint density at radius 2 is 1.72 bits per heavy atom. The van der Waals surface area contributed by atoms with Crippen LogP contribution < -0.4 is 10.1 Å². The number of carbonyl (C=O) groups excluding carboxylic acids is 3. The van der Waals surface area contributed by atoms with E-state index in [4.69, 9.17) is 16.3 Å². The fraction of sp³-hybridized carbons (Fsp3) is 0.400. The van der Waals surface area contributed by atoms with Gasteiger partial charge in [-0.15, -0.1) is 0 Å². The highest BCUT2D eigenvalue weighted by Gasteiger charge is 2.30. The zero-order chi connectivity index (χ0) is 23.3. The number of piperidine rings is 1. The van der Waals surface area contributed by atoms with Crippen molar-refractivity contribution < 1.29 is 19.1 Å². The van der Waals surface area contributed by atoms with Gasteiger partial charge in [-0.1, -0.05) is 36.7 Å². The minimum Gasteiger partial charge on any atom is -0.427 e. The molecule has 0 saturated carbocycles. The molecular weight excluding hydrogens is 428 g/mol. The van der Waals surface area contributed by atoms with Gasteiger partial charge in [0.15, 0.2) is 0 Å². The number of nitrogens with zero attached hydrogens (tertiary/aromatic N) is 1. The molecule has 32 heavy (non-hydrogen) atoms. The molecule has 7 heteroatoms. The summed E-state index contributed by atoms with van der Waals surface area (Å²) in [6.45, 7) is 6.37. The fourth-order valence-electron chi connectivity index (χ4n) is 3.95. The SMILES string of the molecule is CC(=O)Oc1cccc(C(=O)NC(C)C(C)C(=O)N2CCC(c3ccc(Cl)cc3)CC2)c1. The Morgan fingerprint density at radius 1 is 1.06 bits per heavy atom. The maximum absolute atomic E-state index is 13.0. The number of nitrogens with one attached hydrogen (secondary N) is 1. The molecule has 2 unspecified atom stereocenters. The molecule has 1 heterocycles. The van der Waals surface area contributed by atoms with E-state index in [0.717, 1.165) is 17.9 Å². The predicted molar refractivity (Wildman–Crippen MR) is 124 cm³/mol. The Kier molecular flexibility index (Phi) is 7.91. The van der Waals surface area contributed by atoms with E-state index in [-0.39, 0.29) is 23.8 Å². The van der Waals surface area contributed by atoms with Gasteiger partial charge in [0, 0.05) is 36.6 Å². The lowest BCUT2D eigenvalue weighted by Gasteiger charge is -2.35. The van der Waals surface area contributed by atoms with Crippen LogP contribution in [0.25, 0.3) is 0 Å². The summed E-state index contributed by atoms with van der Waals surface area (Å²) in [5, 5.41) is 3.62. The maximum atomic E-state index is 13.0. The molecule has 1 aliphatic heterocycles. The minimum atomic E-state index is -0.449. The van der Waals surface area contributed by atoms with Gasteiger partial charge in [-0.2, -0.15) is 0 Å².